The van der Waals surface area contributed by atoms with E-state index in [1.807, 2.05) is 7.05 Å². The van der Waals surface area contributed by atoms with Gasteiger partial charge >= 0.3 is 0 Å². The van der Waals surface area contributed by atoms with E-state index in [2.05, 4.69) is 26.8 Å². The largest absolute Gasteiger partial charge is 0.382 e. The van der Waals surface area contributed by atoms with E-state index in [4.69, 9.17) is 11.1 Å². The molecule has 3 N–H and O–H groups in total. The molecule has 0 spiro atoms. The normalized spacial score (nSPS) is 20.0. The number of likely N-dealkylation sites (tertiary alicyclic amines) is 1. The molecule has 0 amide bonds. The van der Waals surface area contributed by atoms with Crippen LogP contribution >= 0.6 is 0 Å². The summed E-state index contributed by atoms with van der Waals surface area (Å²) in [6.45, 7) is 2.12. The Morgan fingerprint density at radius 3 is 2.83 bits per heavy atom. The van der Waals surface area contributed by atoms with Crippen LogP contribution in [-0.4, -0.2) is 53.9 Å². The molecule has 1 unspecified atom stereocenters. The Balaban J connectivity index is 2.00. The number of anilines is 1. The molecule has 18 heavy (non-hydrogen) atoms. The maximum Gasteiger partial charge on any atom is 0.146 e. The molecular weight excluding hydrogens is 228 g/mol. The molecule has 98 valence electrons. The number of nitrogens with one attached hydrogen (secondary N) is 1. The van der Waals surface area contributed by atoms with Crippen LogP contribution < -0.4 is 10.6 Å². The first-order valence-electron chi connectivity index (χ1n) is 6.15. The minimum absolute atomic E-state index is 0.0489. The van der Waals surface area contributed by atoms with Gasteiger partial charge in [-0.3, -0.25) is 5.41 Å². The molecule has 1 aliphatic heterocycles. The maximum atomic E-state index is 7.28. The average molecular weight is 248 g/mol. The predicted molar refractivity (Wildman–Crippen MR) is 72.0 cm³/mol. The molecule has 0 aromatic carbocycles. The third-order valence-corrected chi connectivity index (χ3v) is 3.46. The van der Waals surface area contributed by atoms with Crippen LogP contribution in [0.5, 0.6) is 0 Å². The van der Waals surface area contributed by atoms with Crippen molar-refractivity contribution in [1.82, 2.24) is 14.9 Å². The summed E-state index contributed by atoms with van der Waals surface area (Å²) in [5, 5.41) is 7.28. The first-order valence-corrected chi connectivity index (χ1v) is 6.15. The Morgan fingerprint density at radius 1 is 1.56 bits per heavy atom. The van der Waals surface area contributed by atoms with Crippen molar-refractivity contribution in [3.8, 4) is 0 Å². The van der Waals surface area contributed by atoms with E-state index in [9.17, 15) is 0 Å². The lowest BCUT2D eigenvalue weighted by Crippen LogP contribution is -2.37. The fourth-order valence-corrected chi connectivity index (χ4v) is 2.28. The standard InChI is InChI=1S/C12H20N6/c1-17-5-3-4-9(17)8-18(2)11-7-15-10(6-16-11)12(13)14/h6-7,9H,3-5,8H2,1-2H3,(H3,13,14). The van der Waals surface area contributed by atoms with Crippen molar-refractivity contribution in [1.29, 1.82) is 5.41 Å². The minimum atomic E-state index is -0.0489. The van der Waals surface area contributed by atoms with Crippen LogP contribution in [0.1, 0.15) is 18.5 Å². The number of nitrogens with two attached hydrogens (primary N) is 1. The highest BCUT2D eigenvalue weighted by Gasteiger charge is 2.22. The summed E-state index contributed by atoms with van der Waals surface area (Å²) in [5.41, 5.74) is 5.77. The lowest BCUT2D eigenvalue weighted by Gasteiger charge is -2.26. The molecule has 1 aromatic rings. The molecule has 0 aliphatic carbocycles. The summed E-state index contributed by atoms with van der Waals surface area (Å²) < 4.78 is 0. The Kier molecular flexibility index (Phi) is 3.76. The Hall–Kier alpha value is -1.69. The quantitative estimate of drug-likeness (QED) is 0.591. The molecule has 0 saturated carbocycles. The molecule has 1 aromatic heterocycles. The van der Waals surface area contributed by atoms with Gasteiger partial charge in [-0.15, -0.1) is 0 Å². The van der Waals surface area contributed by atoms with Crippen molar-refractivity contribution < 1.29 is 0 Å². The van der Waals surface area contributed by atoms with E-state index in [0.29, 0.717) is 11.7 Å². The van der Waals surface area contributed by atoms with Gasteiger partial charge in [0.2, 0.25) is 0 Å². The molecule has 1 saturated heterocycles. The van der Waals surface area contributed by atoms with Gasteiger partial charge in [-0.2, -0.15) is 0 Å². The smallest absolute Gasteiger partial charge is 0.146 e. The molecule has 1 aliphatic rings. The van der Waals surface area contributed by atoms with Gasteiger partial charge in [-0.05, 0) is 26.4 Å². The molecule has 2 rings (SSSR count). The van der Waals surface area contributed by atoms with E-state index in [1.54, 1.807) is 12.4 Å². The molecule has 6 heteroatoms. The van der Waals surface area contributed by atoms with Gasteiger partial charge in [0, 0.05) is 19.6 Å². The molecule has 2 heterocycles. The second kappa shape index (κ2) is 5.30. The molecule has 1 atom stereocenters. The van der Waals surface area contributed by atoms with Crippen LogP contribution in [0.3, 0.4) is 0 Å². The number of hydrogen-bond donors (Lipinski definition) is 2. The van der Waals surface area contributed by atoms with Crippen LogP contribution in [0, 0.1) is 5.41 Å². The fourth-order valence-electron chi connectivity index (χ4n) is 2.28. The first-order chi connectivity index (χ1) is 8.58. The number of rotatable bonds is 4. The topological polar surface area (TPSA) is 82.1 Å². The Labute approximate surface area is 107 Å². The van der Waals surface area contributed by atoms with Crippen LogP contribution in [-0.2, 0) is 0 Å². The van der Waals surface area contributed by atoms with Crippen LogP contribution in [0.4, 0.5) is 5.82 Å². The number of hydrogen-bond acceptors (Lipinski definition) is 5. The summed E-state index contributed by atoms with van der Waals surface area (Å²) in [5.74, 6) is 0.771. The highest BCUT2D eigenvalue weighted by molar-refractivity contribution is 5.92. The second-order valence-corrected chi connectivity index (χ2v) is 4.83. The van der Waals surface area contributed by atoms with E-state index in [0.717, 1.165) is 12.4 Å². The third kappa shape index (κ3) is 2.76. The van der Waals surface area contributed by atoms with E-state index in [1.165, 1.54) is 19.4 Å². The SMILES string of the molecule is CN(CC1CCCN1C)c1cnc(C(=N)N)cn1. The molecule has 0 bridgehead atoms. The van der Waals surface area contributed by atoms with Gasteiger partial charge in [0.15, 0.2) is 0 Å². The fraction of sp³-hybridized carbons (Fsp3) is 0.583. The van der Waals surface area contributed by atoms with Crippen LogP contribution in [0.15, 0.2) is 12.4 Å². The number of likely N-dealkylation sites (N-methyl/N-ethyl adjacent to an activating group) is 2. The monoisotopic (exact) mass is 248 g/mol. The molecule has 6 nitrogen and oxygen atoms in total. The molecular formula is C12H20N6. The van der Waals surface area contributed by atoms with Crippen molar-refractivity contribution >= 4 is 11.7 Å². The highest BCUT2D eigenvalue weighted by Crippen LogP contribution is 2.17. The lowest BCUT2D eigenvalue weighted by molar-refractivity contribution is 0.314. The third-order valence-electron chi connectivity index (χ3n) is 3.46. The van der Waals surface area contributed by atoms with Gasteiger partial charge in [0.05, 0.1) is 12.4 Å². The van der Waals surface area contributed by atoms with Gasteiger partial charge < -0.3 is 15.5 Å². The van der Waals surface area contributed by atoms with E-state index in [-0.39, 0.29) is 5.84 Å². The van der Waals surface area contributed by atoms with Crippen molar-refractivity contribution in [2.24, 2.45) is 5.73 Å². The maximum absolute atomic E-state index is 7.28. The summed E-state index contributed by atoms with van der Waals surface area (Å²) in [4.78, 5) is 12.9. The molecule has 1 fully saturated rings. The lowest BCUT2D eigenvalue weighted by atomic mass is 10.2. The number of nitrogen functional groups attached to an aromatic ring is 1. The average Bonchev–Trinajstić information content (AvgIpc) is 2.75. The van der Waals surface area contributed by atoms with Crippen LogP contribution in [0.25, 0.3) is 0 Å². The predicted octanol–water partition coefficient (Wildman–Crippen LogP) is 0.291. The highest BCUT2D eigenvalue weighted by atomic mass is 15.2. The van der Waals surface area contributed by atoms with E-state index < -0.39 is 0 Å². The van der Waals surface area contributed by atoms with Gasteiger partial charge in [-0.1, -0.05) is 0 Å². The van der Waals surface area contributed by atoms with Crippen molar-refractivity contribution in [3.63, 3.8) is 0 Å². The zero-order valence-corrected chi connectivity index (χ0v) is 10.9. The summed E-state index contributed by atoms with van der Waals surface area (Å²) in [7, 11) is 4.18. The zero-order valence-electron chi connectivity index (χ0n) is 10.9. The van der Waals surface area contributed by atoms with E-state index >= 15 is 0 Å². The van der Waals surface area contributed by atoms with Crippen LogP contribution in [0.2, 0.25) is 0 Å². The van der Waals surface area contributed by atoms with Gasteiger partial charge in [-0.25, -0.2) is 9.97 Å². The second-order valence-electron chi connectivity index (χ2n) is 4.83. The summed E-state index contributed by atoms with van der Waals surface area (Å²) >= 11 is 0. The minimum Gasteiger partial charge on any atom is -0.382 e. The summed E-state index contributed by atoms with van der Waals surface area (Å²) in [6, 6.07) is 0.587. The number of aromatic nitrogens is 2. The Morgan fingerprint density at radius 2 is 2.33 bits per heavy atom. The summed E-state index contributed by atoms with van der Waals surface area (Å²) in [6.07, 6.45) is 5.72. The number of amidine groups is 1. The zero-order chi connectivity index (χ0) is 13.1. The van der Waals surface area contributed by atoms with Gasteiger partial charge in [0.1, 0.15) is 17.3 Å². The first kappa shape index (κ1) is 12.8. The van der Waals surface area contributed by atoms with Crippen molar-refractivity contribution in [2.75, 3.05) is 32.1 Å². The van der Waals surface area contributed by atoms with Gasteiger partial charge in [0.25, 0.3) is 0 Å². The number of nitrogens with zero attached hydrogens (tertiary/aromatic N) is 4. The van der Waals surface area contributed by atoms with Crippen molar-refractivity contribution in [2.45, 2.75) is 18.9 Å². The van der Waals surface area contributed by atoms with Crippen molar-refractivity contribution in [3.05, 3.63) is 18.1 Å². The Bertz CT molecular complexity index is 415. The molecule has 0 radical (unpaired) electrons.